The zero-order chi connectivity index (χ0) is 11.9. The third-order valence-corrected chi connectivity index (χ3v) is 3.41. The fraction of sp³-hybridized carbons (Fsp3) is 0.917. The minimum Gasteiger partial charge on any atom is -0.381 e. The van der Waals surface area contributed by atoms with Crippen LogP contribution >= 0.6 is 0 Å². The van der Waals surface area contributed by atoms with Gasteiger partial charge in [-0.25, -0.2) is 10.4 Å². The number of nitrogens with one attached hydrogen (secondary N) is 2. The Hall–Kier alpha value is -0.650. The zero-order valence-corrected chi connectivity index (χ0v) is 10.4. The zero-order valence-electron chi connectivity index (χ0n) is 10.4. The van der Waals surface area contributed by atoms with E-state index in [0.717, 1.165) is 39.1 Å². The van der Waals surface area contributed by atoms with Crippen LogP contribution in [0.3, 0.4) is 0 Å². The summed E-state index contributed by atoms with van der Waals surface area (Å²) in [7, 11) is 0. The summed E-state index contributed by atoms with van der Waals surface area (Å²) in [6.07, 6.45) is 5.65. The first-order valence-corrected chi connectivity index (χ1v) is 6.70. The second-order valence-corrected chi connectivity index (χ2v) is 4.84. The number of nitrogens with zero attached hydrogens (tertiary/aromatic N) is 1. The van der Waals surface area contributed by atoms with E-state index in [9.17, 15) is 4.79 Å². The van der Waals surface area contributed by atoms with Crippen LogP contribution in [0.25, 0.3) is 0 Å². The van der Waals surface area contributed by atoms with Crippen molar-refractivity contribution >= 4 is 5.91 Å². The van der Waals surface area contributed by atoms with Crippen LogP contribution in [0.5, 0.6) is 0 Å². The fourth-order valence-electron chi connectivity index (χ4n) is 2.36. The molecule has 0 bridgehead atoms. The summed E-state index contributed by atoms with van der Waals surface area (Å²) in [6.45, 7) is 4.06. The summed E-state index contributed by atoms with van der Waals surface area (Å²) < 4.78 is 5.26. The summed E-state index contributed by atoms with van der Waals surface area (Å²) in [5, 5.41) is 5.21. The molecule has 1 amide bonds. The first kappa shape index (κ1) is 12.8. The Kier molecular flexibility index (Phi) is 5.22. The summed E-state index contributed by atoms with van der Waals surface area (Å²) >= 11 is 0. The molecule has 0 radical (unpaired) electrons. The quantitative estimate of drug-likeness (QED) is 0.742. The van der Waals surface area contributed by atoms with Gasteiger partial charge in [0.05, 0.1) is 6.54 Å². The van der Waals surface area contributed by atoms with E-state index in [1.165, 1.54) is 19.3 Å². The summed E-state index contributed by atoms with van der Waals surface area (Å²) in [4.78, 5) is 11.7. The molecule has 2 fully saturated rings. The van der Waals surface area contributed by atoms with E-state index in [2.05, 4.69) is 15.8 Å². The summed E-state index contributed by atoms with van der Waals surface area (Å²) in [6, 6.07) is 0.305. The molecule has 0 spiro atoms. The van der Waals surface area contributed by atoms with Gasteiger partial charge in [-0.1, -0.05) is 6.42 Å². The van der Waals surface area contributed by atoms with Gasteiger partial charge in [0.15, 0.2) is 0 Å². The van der Waals surface area contributed by atoms with Crippen molar-refractivity contribution in [1.29, 1.82) is 0 Å². The minimum atomic E-state index is 0.0995. The van der Waals surface area contributed by atoms with Crippen molar-refractivity contribution in [3.8, 4) is 0 Å². The maximum atomic E-state index is 11.7. The van der Waals surface area contributed by atoms with Crippen LogP contribution in [0, 0.1) is 0 Å². The summed E-state index contributed by atoms with van der Waals surface area (Å²) in [5.74, 6) is 0.0995. The highest BCUT2D eigenvalue weighted by atomic mass is 16.5. The molecule has 2 aliphatic rings. The molecule has 17 heavy (non-hydrogen) atoms. The molecule has 5 heteroatoms. The van der Waals surface area contributed by atoms with Crippen molar-refractivity contribution in [2.45, 2.75) is 38.1 Å². The molecule has 2 N–H and O–H groups in total. The third kappa shape index (κ3) is 4.61. The third-order valence-electron chi connectivity index (χ3n) is 3.41. The molecule has 98 valence electrons. The van der Waals surface area contributed by atoms with Crippen LogP contribution in [0.4, 0.5) is 0 Å². The maximum absolute atomic E-state index is 11.7. The number of hydrogen-bond acceptors (Lipinski definition) is 4. The lowest BCUT2D eigenvalue weighted by atomic mass is 10.1. The summed E-state index contributed by atoms with van der Waals surface area (Å²) in [5.41, 5.74) is 3.20. The number of piperidine rings is 1. The van der Waals surface area contributed by atoms with Gasteiger partial charge in [0.25, 0.3) is 0 Å². The fourth-order valence-corrected chi connectivity index (χ4v) is 2.36. The lowest BCUT2D eigenvalue weighted by Crippen LogP contribution is -2.48. The van der Waals surface area contributed by atoms with Crippen molar-refractivity contribution in [2.75, 3.05) is 32.8 Å². The topological polar surface area (TPSA) is 53.6 Å². The largest absolute Gasteiger partial charge is 0.381 e. The Morgan fingerprint density at radius 2 is 1.88 bits per heavy atom. The lowest BCUT2D eigenvalue weighted by molar-refractivity contribution is -0.122. The molecule has 0 atom stereocenters. The van der Waals surface area contributed by atoms with E-state index in [-0.39, 0.29) is 5.91 Å². The van der Waals surface area contributed by atoms with Gasteiger partial charge < -0.3 is 10.1 Å². The van der Waals surface area contributed by atoms with Gasteiger partial charge >= 0.3 is 0 Å². The second kappa shape index (κ2) is 6.93. The highest BCUT2D eigenvalue weighted by molar-refractivity contribution is 5.78. The average molecular weight is 241 g/mol. The van der Waals surface area contributed by atoms with Crippen LogP contribution in [0.1, 0.15) is 32.1 Å². The highest BCUT2D eigenvalue weighted by Gasteiger charge is 2.16. The standard InChI is InChI=1S/C12H23N3O2/c16-12(14-11-4-8-17-9-5-11)10-13-15-6-2-1-3-7-15/h11,13H,1-10H2,(H,14,16). The van der Waals surface area contributed by atoms with Gasteiger partial charge in [-0.15, -0.1) is 0 Å². The molecule has 2 saturated heterocycles. The average Bonchev–Trinajstić information content (AvgIpc) is 2.39. The Labute approximate surface area is 103 Å². The molecule has 5 nitrogen and oxygen atoms in total. The molecule has 0 aromatic carbocycles. The Bertz CT molecular complexity index is 236. The normalized spacial score (nSPS) is 23.5. The molecule has 0 aromatic rings. The highest BCUT2D eigenvalue weighted by Crippen LogP contribution is 2.06. The monoisotopic (exact) mass is 241 g/mol. The molecule has 0 saturated carbocycles. The van der Waals surface area contributed by atoms with Crippen molar-refractivity contribution in [3.63, 3.8) is 0 Å². The van der Waals surface area contributed by atoms with Crippen molar-refractivity contribution < 1.29 is 9.53 Å². The molecule has 0 unspecified atom stereocenters. The van der Waals surface area contributed by atoms with E-state index in [4.69, 9.17) is 4.74 Å². The van der Waals surface area contributed by atoms with Crippen LogP contribution in [0.2, 0.25) is 0 Å². The second-order valence-electron chi connectivity index (χ2n) is 4.84. The Balaban J connectivity index is 1.59. The number of amides is 1. The maximum Gasteiger partial charge on any atom is 0.235 e. The van der Waals surface area contributed by atoms with Gasteiger partial charge in [0.2, 0.25) is 5.91 Å². The van der Waals surface area contributed by atoms with Crippen LogP contribution < -0.4 is 10.7 Å². The number of carbonyl (C=O) groups is 1. The Morgan fingerprint density at radius 1 is 1.18 bits per heavy atom. The number of carbonyl (C=O) groups excluding carboxylic acids is 1. The van der Waals surface area contributed by atoms with E-state index < -0.39 is 0 Å². The van der Waals surface area contributed by atoms with Crippen molar-refractivity contribution in [2.24, 2.45) is 0 Å². The Morgan fingerprint density at radius 3 is 2.59 bits per heavy atom. The lowest BCUT2D eigenvalue weighted by Gasteiger charge is -2.28. The van der Waals surface area contributed by atoms with Crippen LogP contribution in [0.15, 0.2) is 0 Å². The molecule has 0 aliphatic carbocycles. The number of hydrogen-bond donors (Lipinski definition) is 2. The van der Waals surface area contributed by atoms with E-state index in [1.807, 2.05) is 0 Å². The van der Waals surface area contributed by atoms with Gasteiger partial charge in [0.1, 0.15) is 0 Å². The van der Waals surface area contributed by atoms with Crippen molar-refractivity contribution in [1.82, 2.24) is 15.8 Å². The number of hydrazine groups is 1. The predicted octanol–water partition coefficient (Wildman–Crippen LogP) is 0.272. The molecule has 0 aromatic heterocycles. The van der Waals surface area contributed by atoms with Gasteiger partial charge in [0, 0.05) is 32.3 Å². The molecular weight excluding hydrogens is 218 g/mol. The van der Waals surface area contributed by atoms with Gasteiger partial charge in [-0.2, -0.15) is 0 Å². The van der Waals surface area contributed by atoms with Gasteiger partial charge in [-0.3, -0.25) is 4.79 Å². The van der Waals surface area contributed by atoms with Gasteiger partial charge in [-0.05, 0) is 25.7 Å². The van der Waals surface area contributed by atoms with Crippen LogP contribution in [-0.4, -0.2) is 49.8 Å². The first-order chi connectivity index (χ1) is 8.34. The van der Waals surface area contributed by atoms with E-state index >= 15 is 0 Å². The van der Waals surface area contributed by atoms with E-state index in [0.29, 0.717) is 12.6 Å². The predicted molar refractivity (Wildman–Crippen MR) is 65.4 cm³/mol. The smallest absolute Gasteiger partial charge is 0.235 e. The molecule has 2 rings (SSSR count). The van der Waals surface area contributed by atoms with E-state index in [1.54, 1.807) is 0 Å². The molecule has 2 heterocycles. The van der Waals surface area contributed by atoms with Crippen molar-refractivity contribution in [3.05, 3.63) is 0 Å². The molecular formula is C12H23N3O2. The molecule has 2 aliphatic heterocycles. The first-order valence-electron chi connectivity index (χ1n) is 6.70. The number of ether oxygens (including phenoxy) is 1. The van der Waals surface area contributed by atoms with Crippen LogP contribution in [-0.2, 0) is 9.53 Å². The SMILES string of the molecule is O=C(CNN1CCCCC1)NC1CCOCC1. The number of rotatable bonds is 4. The minimum absolute atomic E-state index is 0.0995.